The minimum Gasteiger partial charge on any atom is -0.361 e. The molecule has 0 bridgehead atoms. The van der Waals surface area contributed by atoms with Gasteiger partial charge in [-0.1, -0.05) is 24.1 Å². The Morgan fingerprint density at radius 1 is 1.31 bits per heavy atom. The molecule has 0 saturated heterocycles. The van der Waals surface area contributed by atoms with E-state index in [1.54, 1.807) is 0 Å². The minimum absolute atomic E-state index is 0.347. The Morgan fingerprint density at radius 2 is 2.00 bits per heavy atom. The van der Waals surface area contributed by atoms with Crippen LogP contribution in [0.5, 0.6) is 0 Å². The maximum Gasteiger partial charge on any atom is 0.0548 e. The molecule has 1 aromatic heterocycles. The molecule has 0 amide bonds. The number of nitrogens with two attached hydrogens (primary N) is 1. The summed E-state index contributed by atoms with van der Waals surface area (Å²) in [6.07, 6.45) is 6.60. The fourth-order valence-corrected chi connectivity index (χ4v) is 0.995. The van der Waals surface area contributed by atoms with E-state index in [0.717, 1.165) is 0 Å². The van der Waals surface area contributed by atoms with Crippen molar-refractivity contribution in [2.24, 2.45) is 5.73 Å². The number of para-hydroxylation sites is 1. The van der Waals surface area contributed by atoms with Crippen molar-refractivity contribution in [1.82, 2.24) is 4.98 Å². The van der Waals surface area contributed by atoms with Crippen molar-refractivity contribution in [3.63, 3.8) is 0 Å². The monoisotopic (exact) mass is 172 g/mol. The predicted molar refractivity (Wildman–Crippen MR) is 56.2 cm³/mol. The molecule has 2 nitrogen and oxygen atoms in total. The molecule has 3 N–H and O–H groups in total. The zero-order valence-electron chi connectivity index (χ0n) is 7.33. The number of hydrogen-bond donors (Lipinski definition) is 2. The third-order valence-corrected chi connectivity index (χ3v) is 1.58. The number of terminal acetylenes is 1. The molecular formula is C11H12N2. The van der Waals surface area contributed by atoms with Crippen molar-refractivity contribution >= 4 is 10.9 Å². The van der Waals surface area contributed by atoms with E-state index >= 15 is 0 Å². The number of nitrogens with one attached hydrogen (secondary N) is 1. The second kappa shape index (κ2) is 5.02. The highest BCUT2D eigenvalue weighted by molar-refractivity contribution is 5.78. The van der Waals surface area contributed by atoms with Crippen molar-refractivity contribution in [3.8, 4) is 12.3 Å². The normalized spacial score (nSPS) is 8.62. The average Bonchev–Trinajstić information content (AvgIpc) is 2.66. The van der Waals surface area contributed by atoms with Gasteiger partial charge in [-0.3, -0.25) is 0 Å². The van der Waals surface area contributed by atoms with Gasteiger partial charge < -0.3 is 10.7 Å². The third kappa shape index (κ3) is 2.66. The quantitative estimate of drug-likeness (QED) is 0.584. The minimum atomic E-state index is 0.347. The molecule has 0 spiro atoms. The molecule has 2 heteroatoms. The van der Waals surface area contributed by atoms with Crippen LogP contribution in [0.25, 0.3) is 10.9 Å². The van der Waals surface area contributed by atoms with Gasteiger partial charge in [-0.2, -0.15) is 0 Å². The molecule has 66 valence electrons. The van der Waals surface area contributed by atoms with Gasteiger partial charge in [-0.05, 0) is 17.5 Å². The van der Waals surface area contributed by atoms with Crippen molar-refractivity contribution < 1.29 is 0 Å². The smallest absolute Gasteiger partial charge is 0.0548 e. The second-order valence-electron chi connectivity index (χ2n) is 2.47. The Labute approximate surface area is 77.8 Å². The number of aromatic amines is 1. The van der Waals surface area contributed by atoms with Crippen LogP contribution in [-0.2, 0) is 0 Å². The van der Waals surface area contributed by atoms with E-state index in [4.69, 9.17) is 5.73 Å². The first-order valence-electron chi connectivity index (χ1n) is 4.04. The van der Waals surface area contributed by atoms with Crippen LogP contribution in [0.15, 0.2) is 36.5 Å². The van der Waals surface area contributed by atoms with Gasteiger partial charge >= 0.3 is 0 Å². The number of rotatable bonds is 0. The maximum atomic E-state index is 4.79. The van der Waals surface area contributed by atoms with Crippen molar-refractivity contribution in [2.45, 2.75) is 0 Å². The van der Waals surface area contributed by atoms with Crippen molar-refractivity contribution in [1.29, 1.82) is 0 Å². The standard InChI is InChI=1S/C8H7N.C3H5N/c1-2-4-8-7(3-1)5-6-9-8;1-2-3-4/h1-6,9H;1H,3-4H2. The molecule has 0 atom stereocenters. The van der Waals surface area contributed by atoms with Gasteiger partial charge in [0.05, 0.1) is 6.54 Å². The summed E-state index contributed by atoms with van der Waals surface area (Å²) >= 11 is 0. The number of benzene rings is 1. The highest BCUT2D eigenvalue weighted by atomic mass is 14.6. The van der Waals surface area contributed by atoms with Crippen LogP contribution in [-0.4, -0.2) is 11.5 Å². The van der Waals surface area contributed by atoms with Crippen LogP contribution in [0.3, 0.4) is 0 Å². The summed E-state index contributed by atoms with van der Waals surface area (Å²) < 4.78 is 0. The Balaban J connectivity index is 0.000000184. The number of aromatic nitrogens is 1. The summed E-state index contributed by atoms with van der Waals surface area (Å²) in [6.45, 7) is 0.347. The Morgan fingerprint density at radius 3 is 2.62 bits per heavy atom. The van der Waals surface area contributed by atoms with E-state index in [-0.39, 0.29) is 0 Å². The number of hydrogen-bond acceptors (Lipinski definition) is 1. The summed E-state index contributed by atoms with van der Waals surface area (Å²) in [5, 5.41) is 1.28. The van der Waals surface area contributed by atoms with Gasteiger partial charge in [-0.15, -0.1) is 6.42 Å². The van der Waals surface area contributed by atoms with Gasteiger partial charge in [0.15, 0.2) is 0 Å². The SMILES string of the molecule is C#CCN.c1ccc2[nH]ccc2c1. The third-order valence-electron chi connectivity index (χ3n) is 1.58. The van der Waals surface area contributed by atoms with Gasteiger partial charge in [0.1, 0.15) is 0 Å². The number of fused-ring (bicyclic) bond motifs is 1. The molecule has 0 unspecified atom stereocenters. The lowest BCUT2D eigenvalue weighted by Crippen LogP contribution is -1.91. The fraction of sp³-hybridized carbons (Fsp3) is 0.0909. The van der Waals surface area contributed by atoms with Crippen molar-refractivity contribution in [3.05, 3.63) is 36.5 Å². The molecule has 0 saturated carbocycles. The first kappa shape index (κ1) is 9.37. The van der Waals surface area contributed by atoms with Crippen LogP contribution in [0.2, 0.25) is 0 Å². The van der Waals surface area contributed by atoms with E-state index in [1.165, 1.54) is 10.9 Å². The molecule has 2 rings (SSSR count). The lowest BCUT2D eigenvalue weighted by Gasteiger charge is -1.83. The second-order valence-corrected chi connectivity index (χ2v) is 2.47. The Hall–Kier alpha value is -1.72. The lowest BCUT2D eigenvalue weighted by atomic mass is 10.3. The zero-order chi connectivity index (χ0) is 9.52. The highest BCUT2D eigenvalue weighted by Crippen LogP contribution is 2.09. The highest BCUT2D eigenvalue weighted by Gasteiger charge is 1.86. The lowest BCUT2D eigenvalue weighted by molar-refractivity contribution is 1.30. The van der Waals surface area contributed by atoms with E-state index in [0.29, 0.717) is 6.54 Å². The predicted octanol–water partition coefficient (Wildman–Crippen LogP) is 1.75. The molecule has 1 heterocycles. The topological polar surface area (TPSA) is 41.8 Å². The molecule has 0 fully saturated rings. The summed E-state index contributed by atoms with van der Waals surface area (Å²) in [5.41, 5.74) is 6.00. The molecule has 0 aliphatic rings. The van der Waals surface area contributed by atoms with Crippen LogP contribution in [0.1, 0.15) is 0 Å². The fourth-order valence-electron chi connectivity index (χ4n) is 0.995. The summed E-state index contributed by atoms with van der Waals surface area (Å²) in [4.78, 5) is 3.12. The zero-order valence-corrected chi connectivity index (χ0v) is 7.33. The first-order valence-corrected chi connectivity index (χ1v) is 4.04. The Kier molecular flexibility index (Phi) is 3.62. The molecule has 0 radical (unpaired) electrons. The maximum absolute atomic E-state index is 4.79. The summed E-state index contributed by atoms with van der Waals surface area (Å²) in [6, 6.07) is 10.3. The molecular weight excluding hydrogens is 160 g/mol. The van der Waals surface area contributed by atoms with E-state index < -0.39 is 0 Å². The van der Waals surface area contributed by atoms with Gasteiger partial charge in [-0.25, -0.2) is 0 Å². The first-order chi connectivity index (χ1) is 6.38. The number of H-pyrrole nitrogens is 1. The van der Waals surface area contributed by atoms with Crippen LogP contribution in [0, 0.1) is 12.3 Å². The molecule has 0 aliphatic carbocycles. The van der Waals surface area contributed by atoms with Gasteiger partial charge in [0, 0.05) is 11.7 Å². The van der Waals surface area contributed by atoms with Gasteiger partial charge in [0.25, 0.3) is 0 Å². The molecule has 1 aromatic carbocycles. The van der Waals surface area contributed by atoms with Crippen LogP contribution < -0.4 is 5.73 Å². The summed E-state index contributed by atoms with van der Waals surface area (Å²) in [7, 11) is 0. The molecule has 0 aliphatic heterocycles. The molecule has 2 aromatic rings. The van der Waals surface area contributed by atoms with E-state index in [2.05, 4.69) is 35.5 Å². The summed E-state index contributed by atoms with van der Waals surface area (Å²) in [5.74, 6) is 2.21. The van der Waals surface area contributed by atoms with Crippen LogP contribution in [0.4, 0.5) is 0 Å². The van der Waals surface area contributed by atoms with Gasteiger partial charge in [0.2, 0.25) is 0 Å². The Bertz CT molecular complexity index is 365. The largest absolute Gasteiger partial charge is 0.361 e. The van der Waals surface area contributed by atoms with E-state index in [9.17, 15) is 0 Å². The average molecular weight is 172 g/mol. The van der Waals surface area contributed by atoms with Crippen LogP contribution >= 0.6 is 0 Å². The molecule has 13 heavy (non-hydrogen) atoms. The van der Waals surface area contributed by atoms with Crippen molar-refractivity contribution in [2.75, 3.05) is 6.54 Å². The van der Waals surface area contributed by atoms with E-state index in [1.807, 2.05) is 18.3 Å².